The molecular formula is C24H21FN4O3S. The summed E-state index contributed by atoms with van der Waals surface area (Å²) in [4.78, 5) is 17.4. The zero-order chi connectivity index (χ0) is 24.1. The minimum absolute atomic E-state index is 0.0142. The van der Waals surface area contributed by atoms with Crippen LogP contribution in [0.5, 0.6) is 0 Å². The Morgan fingerprint density at radius 1 is 1.30 bits per heavy atom. The third-order valence-corrected chi connectivity index (χ3v) is 5.91. The molecule has 9 heteroatoms. The average Bonchev–Trinajstić information content (AvgIpc) is 2.76. The number of aromatic nitrogens is 1. The fraction of sp³-hybridized carbons (Fsp3) is 0.250. The van der Waals surface area contributed by atoms with Crippen LogP contribution in [-0.2, 0) is 14.3 Å². The summed E-state index contributed by atoms with van der Waals surface area (Å²) in [6, 6.07) is 11.5. The molecule has 0 radical (unpaired) electrons. The maximum absolute atomic E-state index is 14.0. The lowest BCUT2D eigenvalue weighted by Crippen LogP contribution is -2.27. The van der Waals surface area contributed by atoms with Crippen molar-refractivity contribution in [3.8, 4) is 12.1 Å². The van der Waals surface area contributed by atoms with Crippen molar-refractivity contribution in [2.45, 2.75) is 31.7 Å². The largest absolute Gasteiger partial charge is 0.463 e. The fourth-order valence-electron chi connectivity index (χ4n) is 3.55. The van der Waals surface area contributed by atoms with E-state index < -0.39 is 17.7 Å². The summed E-state index contributed by atoms with van der Waals surface area (Å²) in [6.07, 6.45) is 0. The van der Waals surface area contributed by atoms with Gasteiger partial charge in [0, 0.05) is 5.69 Å². The standard InChI is InChI=1S/C24H21FN4O3S/c1-4-31-24(30)21-19(12-33-23-17(10-26)13(2)8-14(3)29-23)32-22(28)18(11-27)20(21)15-6-5-7-16(25)9-15/h5-9,20H,4,12,28H2,1-3H3. The number of nitrogens with two attached hydrogens (primary N) is 1. The van der Waals surface area contributed by atoms with Crippen LogP contribution >= 0.6 is 11.8 Å². The monoisotopic (exact) mass is 464 g/mol. The van der Waals surface area contributed by atoms with E-state index in [2.05, 4.69) is 11.1 Å². The number of hydrogen-bond donors (Lipinski definition) is 1. The number of rotatable bonds is 6. The maximum Gasteiger partial charge on any atom is 0.338 e. The average molecular weight is 465 g/mol. The van der Waals surface area contributed by atoms with Gasteiger partial charge in [0.05, 0.1) is 29.4 Å². The van der Waals surface area contributed by atoms with Crippen LogP contribution in [0.3, 0.4) is 0 Å². The Morgan fingerprint density at radius 2 is 2.06 bits per heavy atom. The third-order valence-electron chi connectivity index (χ3n) is 4.94. The normalized spacial score (nSPS) is 15.5. The van der Waals surface area contributed by atoms with Crippen LogP contribution in [0.1, 0.15) is 35.2 Å². The van der Waals surface area contributed by atoms with Gasteiger partial charge in [0.1, 0.15) is 34.3 Å². The van der Waals surface area contributed by atoms with Crippen molar-refractivity contribution in [3.63, 3.8) is 0 Å². The van der Waals surface area contributed by atoms with Crippen molar-refractivity contribution in [1.29, 1.82) is 10.5 Å². The fourth-order valence-corrected chi connectivity index (χ4v) is 4.60. The molecule has 1 aliphatic heterocycles. The summed E-state index contributed by atoms with van der Waals surface area (Å²) in [7, 11) is 0. The molecular weight excluding hydrogens is 443 g/mol. The molecule has 0 bridgehead atoms. The van der Waals surface area contributed by atoms with Crippen LogP contribution in [0.2, 0.25) is 0 Å². The minimum atomic E-state index is -0.961. The van der Waals surface area contributed by atoms with Crippen LogP contribution in [0.25, 0.3) is 0 Å². The third kappa shape index (κ3) is 5.00. The summed E-state index contributed by atoms with van der Waals surface area (Å²) in [5.41, 5.74) is 8.38. The number of carbonyl (C=O) groups excluding carboxylic acids is 1. The van der Waals surface area contributed by atoms with Crippen molar-refractivity contribution in [3.05, 3.63) is 81.3 Å². The molecule has 1 atom stereocenters. The van der Waals surface area contributed by atoms with Crippen molar-refractivity contribution in [2.75, 3.05) is 12.4 Å². The summed E-state index contributed by atoms with van der Waals surface area (Å²) in [6.45, 7) is 5.38. The maximum atomic E-state index is 14.0. The first-order valence-corrected chi connectivity index (χ1v) is 11.0. The van der Waals surface area contributed by atoms with Gasteiger partial charge in [0.2, 0.25) is 5.88 Å². The van der Waals surface area contributed by atoms with Gasteiger partial charge in [-0.05, 0) is 50.1 Å². The highest BCUT2D eigenvalue weighted by Gasteiger charge is 2.38. The molecule has 0 amide bonds. The smallest absolute Gasteiger partial charge is 0.338 e. The first-order valence-electron chi connectivity index (χ1n) is 10.0. The molecule has 2 N–H and O–H groups in total. The molecule has 0 saturated carbocycles. The Morgan fingerprint density at radius 3 is 2.70 bits per heavy atom. The van der Waals surface area contributed by atoms with E-state index in [4.69, 9.17) is 15.2 Å². The second kappa shape index (κ2) is 10.2. The van der Waals surface area contributed by atoms with Gasteiger partial charge in [-0.2, -0.15) is 10.5 Å². The summed E-state index contributed by atoms with van der Waals surface area (Å²) in [5.74, 6) is -2.11. The summed E-state index contributed by atoms with van der Waals surface area (Å²) < 4.78 is 24.9. The number of halogens is 1. The van der Waals surface area contributed by atoms with Crippen molar-refractivity contribution in [2.24, 2.45) is 5.73 Å². The number of ether oxygens (including phenoxy) is 2. The number of benzene rings is 1. The van der Waals surface area contributed by atoms with Crippen molar-refractivity contribution >= 4 is 17.7 Å². The van der Waals surface area contributed by atoms with Gasteiger partial charge in [0.15, 0.2) is 0 Å². The quantitative estimate of drug-likeness (QED) is 0.500. The molecule has 2 heterocycles. The van der Waals surface area contributed by atoms with E-state index in [1.54, 1.807) is 13.0 Å². The van der Waals surface area contributed by atoms with Gasteiger partial charge in [-0.25, -0.2) is 14.2 Å². The van der Waals surface area contributed by atoms with Gasteiger partial charge in [-0.1, -0.05) is 23.9 Å². The second-order valence-electron chi connectivity index (χ2n) is 7.20. The van der Waals surface area contributed by atoms with Gasteiger partial charge < -0.3 is 15.2 Å². The van der Waals surface area contributed by atoms with E-state index in [0.717, 1.165) is 11.3 Å². The van der Waals surface area contributed by atoms with Crippen LogP contribution in [-0.4, -0.2) is 23.3 Å². The van der Waals surface area contributed by atoms with Crippen LogP contribution in [0.15, 0.2) is 58.1 Å². The predicted molar refractivity (Wildman–Crippen MR) is 120 cm³/mol. The Kier molecular flexibility index (Phi) is 7.37. The number of hydrogen-bond acceptors (Lipinski definition) is 8. The number of nitriles is 2. The lowest BCUT2D eigenvalue weighted by atomic mass is 9.83. The molecule has 0 spiro atoms. The molecule has 33 heavy (non-hydrogen) atoms. The van der Waals surface area contributed by atoms with Gasteiger partial charge in [-0.3, -0.25) is 0 Å². The van der Waals surface area contributed by atoms with E-state index >= 15 is 0 Å². The van der Waals surface area contributed by atoms with E-state index in [1.807, 2.05) is 26.0 Å². The highest BCUT2D eigenvalue weighted by atomic mass is 32.2. The molecule has 2 aromatic rings. The van der Waals surface area contributed by atoms with Crippen LogP contribution in [0.4, 0.5) is 4.39 Å². The second-order valence-corrected chi connectivity index (χ2v) is 8.16. The van der Waals surface area contributed by atoms with Crippen LogP contribution in [0, 0.1) is 42.3 Å². The van der Waals surface area contributed by atoms with Crippen LogP contribution < -0.4 is 5.73 Å². The molecule has 0 fully saturated rings. The van der Waals surface area contributed by atoms with Gasteiger partial charge >= 0.3 is 5.97 Å². The number of carbonyl (C=O) groups is 1. The Hall–Kier alpha value is -3.82. The molecule has 1 unspecified atom stereocenters. The summed E-state index contributed by atoms with van der Waals surface area (Å²) >= 11 is 1.20. The SMILES string of the molecule is CCOC(=O)C1=C(CSc2nc(C)cc(C)c2C#N)OC(N)=C(C#N)C1c1cccc(F)c1. The minimum Gasteiger partial charge on any atom is -0.463 e. The molecule has 7 nitrogen and oxygen atoms in total. The van der Waals surface area contributed by atoms with E-state index in [9.17, 15) is 19.7 Å². The summed E-state index contributed by atoms with van der Waals surface area (Å²) in [5, 5.41) is 19.7. The van der Waals surface area contributed by atoms with E-state index in [0.29, 0.717) is 16.2 Å². The predicted octanol–water partition coefficient (Wildman–Crippen LogP) is 4.13. The van der Waals surface area contributed by atoms with E-state index in [1.165, 1.54) is 30.0 Å². The number of esters is 1. The first-order chi connectivity index (χ1) is 15.8. The highest BCUT2D eigenvalue weighted by Crippen LogP contribution is 2.41. The molecule has 1 aromatic heterocycles. The Labute approximate surface area is 195 Å². The molecule has 1 aliphatic rings. The number of allylic oxidation sites excluding steroid dienone is 1. The molecule has 0 saturated heterocycles. The topological polar surface area (TPSA) is 122 Å². The van der Waals surface area contributed by atoms with E-state index in [-0.39, 0.29) is 35.1 Å². The zero-order valence-electron chi connectivity index (χ0n) is 18.3. The first kappa shape index (κ1) is 23.8. The van der Waals surface area contributed by atoms with Gasteiger partial charge in [0.25, 0.3) is 0 Å². The van der Waals surface area contributed by atoms with Crippen molar-refractivity contribution in [1.82, 2.24) is 4.98 Å². The number of pyridine rings is 1. The molecule has 1 aromatic carbocycles. The number of nitrogens with zero attached hydrogens (tertiary/aromatic N) is 3. The molecule has 3 rings (SSSR count). The molecule has 0 aliphatic carbocycles. The van der Waals surface area contributed by atoms with Gasteiger partial charge in [-0.15, -0.1) is 0 Å². The van der Waals surface area contributed by atoms with Crippen molar-refractivity contribution < 1.29 is 18.7 Å². The number of aryl methyl sites for hydroxylation is 2. The number of thioether (sulfide) groups is 1. The zero-order valence-corrected chi connectivity index (χ0v) is 19.1. The highest BCUT2D eigenvalue weighted by molar-refractivity contribution is 7.99. The lowest BCUT2D eigenvalue weighted by molar-refractivity contribution is -0.139. The molecule has 168 valence electrons. The Bertz CT molecular complexity index is 1260. The Balaban J connectivity index is 2.12. The lowest BCUT2D eigenvalue weighted by Gasteiger charge is -2.28.